The summed E-state index contributed by atoms with van der Waals surface area (Å²) >= 11 is 3.41. The van der Waals surface area contributed by atoms with E-state index in [1.165, 1.54) is 4.90 Å². The molecule has 27 heavy (non-hydrogen) atoms. The summed E-state index contributed by atoms with van der Waals surface area (Å²) in [4.78, 5) is 40.2. The van der Waals surface area contributed by atoms with Gasteiger partial charge in [0.1, 0.15) is 23.6 Å². The van der Waals surface area contributed by atoms with Crippen LogP contribution in [-0.4, -0.2) is 41.2 Å². The van der Waals surface area contributed by atoms with Crippen LogP contribution in [0.2, 0.25) is 0 Å². The van der Waals surface area contributed by atoms with Crippen LogP contribution in [0.15, 0.2) is 45.3 Å². The molecule has 1 aliphatic rings. The van der Waals surface area contributed by atoms with Crippen LogP contribution in [0.1, 0.15) is 24.0 Å². The number of urea groups is 1. The first-order chi connectivity index (χ1) is 12.7. The normalized spacial score (nSPS) is 19.3. The summed E-state index contributed by atoms with van der Waals surface area (Å²) in [6, 6.07) is 10.2. The molecule has 4 amide bonds. The molecule has 7 nitrogen and oxygen atoms in total. The number of benzene rings is 1. The van der Waals surface area contributed by atoms with Crippen molar-refractivity contribution in [1.82, 2.24) is 15.1 Å². The molecule has 0 saturated carbocycles. The minimum absolute atomic E-state index is 0.262. The molecule has 8 heteroatoms. The van der Waals surface area contributed by atoms with E-state index < -0.39 is 17.5 Å². The van der Waals surface area contributed by atoms with Crippen LogP contribution >= 0.6 is 15.9 Å². The van der Waals surface area contributed by atoms with Gasteiger partial charge in [0, 0.05) is 17.1 Å². The number of carbonyl (C=O) groups excluding carboxylic acids is 3. The van der Waals surface area contributed by atoms with Gasteiger partial charge in [-0.3, -0.25) is 14.5 Å². The van der Waals surface area contributed by atoms with Gasteiger partial charge in [0.15, 0.2) is 0 Å². The fourth-order valence-corrected chi connectivity index (χ4v) is 3.72. The van der Waals surface area contributed by atoms with E-state index in [9.17, 15) is 14.4 Å². The number of likely N-dealkylation sites (N-methyl/N-ethyl adjacent to an activating group) is 1. The van der Waals surface area contributed by atoms with E-state index >= 15 is 0 Å². The lowest BCUT2D eigenvalue weighted by Crippen LogP contribution is -2.43. The first kappa shape index (κ1) is 19.2. The summed E-state index contributed by atoms with van der Waals surface area (Å²) < 4.78 is 6.17. The molecule has 1 fully saturated rings. The topological polar surface area (TPSA) is 82.9 Å². The van der Waals surface area contributed by atoms with E-state index in [4.69, 9.17) is 4.42 Å². The standard InChI is InChI=1S/C19H20BrN3O4/c1-12-8-9-13(27-12)10-22(3)16(24)11-23-17(25)19(2,21-18(23)26)14-6-4-5-7-15(14)20/h4-9H,10-11H2,1-3H3,(H,21,26)/t19-/m0/s1. The zero-order valence-electron chi connectivity index (χ0n) is 15.3. The lowest BCUT2D eigenvalue weighted by Gasteiger charge is -2.24. The van der Waals surface area contributed by atoms with Crippen molar-refractivity contribution >= 4 is 33.8 Å². The van der Waals surface area contributed by atoms with Crippen LogP contribution in [-0.2, 0) is 21.7 Å². The maximum absolute atomic E-state index is 12.9. The first-order valence-electron chi connectivity index (χ1n) is 8.41. The van der Waals surface area contributed by atoms with Gasteiger partial charge in [-0.05, 0) is 32.0 Å². The monoisotopic (exact) mass is 433 g/mol. The number of rotatable bonds is 5. The van der Waals surface area contributed by atoms with Gasteiger partial charge in [0.2, 0.25) is 5.91 Å². The number of aryl methyl sites for hydroxylation is 1. The molecular formula is C19H20BrN3O4. The molecule has 1 N–H and O–H groups in total. The fraction of sp³-hybridized carbons (Fsp3) is 0.316. The molecule has 142 valence electrons. The van der Waals surface area contributed by atoms with Gasteiger partial charge in [-0.15, -0.1) is 0 Å². The van der Waals surface area contributed by atoms with Crippen LogP contribution in [0.5, 0.6) is 0 Å². The number of hydrogen-bond donors (Lipinski definition) is 1. The highest BCUT2D eigenvalue weighted by atomic mass is 79.9. The largest absolute Gasteiger partial charge is 0.464 e. The maximum Gasteiger partial charge on any atom is 0.325 e. The van der Waals surface area contributed by atoms with Gasteiger partial charge in [-0.2, -0.15) is 0 Å². The van der Waals surface area contributed by atoms with Gasteiger partial charge in [0.25, 0.3) is 5.91 Å². The summed E-state index contributed by atoms with van der Waals surface area (Å²) in [7, 11) is 1.60. The Morgan fingerprint density at radius 1 is 1.26 bits per heavy atom. The molecule has 2 heterocycles. The Balaban J connectivity index is 1.73. The van der Waals surface area contributed by atoms with Crippen LogP contribution in [0, 0.1) is 6.92 Å². The number of imide groups is 1. The van der Waals surface area contributed by atoms with Crippen molar-refractivity contribution in [2.75, 3.05) is 13.6 Å². The number of hydrogen-bond acceptors (Lipinski definition) is 4. The van der Waals surface area contributed by atoms with Crippen LogP contribution in [0.4, 0.5) is 4.79 Å². The van der Waals surface area contributed by atoms with Gasteiger partial charge in [0.05, 0.1) is 6.54 Å². The van der Waals surface area contributed by atoms with Crippen LogP contribution < -0.4 is 5.32 Å². The Morgan fingerprint density at radius 3 is 2.59 bits per heavy atom. The molecule has 0 aliphatic carbocycles. The van der Waals surface area contributed by atoms with E-state index in [2.05, 4.69) is 21.2 Å². The Labute approximate surface area is 165 Å². The highest BCUT2D eigenvalue weighted by molar-refractivity contribution is 9.10. The second kappa shape index (κ2) is 7.19. The molecule has 1 saturated heterocycles. The SMILES string of the molecule is Cc1ccc(CN(C)C(=O)CN2C(=O)N[C@@](C)(c3ccccc3Br)C2=O)o1. The minimum Gasteiger partial charge on any atom is -0.464 e. The molecular weight excluding hydrogens is 414 g/mol. The molecule has 0 bridgehead atoms. The number of nitrogens with one attached hydrogen (secondary N) is 1. The van der Waals surface area contributed by atoms with Crippen molar-refractivity contribution in [2.45, 2.75) is 25.9 Å². The number of amides is 4. The average Bonchev–Trinajstić information content (AvgIpc) is 3.11. The molecule has 1 atom stereocenters. The molecule has 0 unspecified atom stereocenters. The number of halogens is 1. The quantitative estimate of drug-likeness (QED) is 0.734. The third kappa shape index (κ3) is 3.62. The highest BCUT2D eigenvalue weighted by Crippen LogP contribution is 2.33. The second-order valence-corrected chi connectivity index (χ2v) is 7.54. The predicted molar refractivity (Wildman–Crippen MR) is 102 cm³/mol. The van der Waals surface area contributed by atoms with E-state index in [1.54, 1.807) is 38.2 Å². The number of furan rings is 1. The van der Waals surface area contributed by atoms with E-state index in [1.807, 2.05) is 19.1 Å². The minimum atomic E-state index is -1.23. The Kier molecular flexibility index (Phi) is 5.10. The van der Waals surface area contributed by atoms with Gasteiger partial charge < -0.3 is 14.6 Å². The van der Waals surface area contributed by atoms with E-state index in [0.717, 1.165) is 10.7 Å². The number of carbonyl (C=O) groups is 3. The average molecular weight is 434 g/mol. The van der Waals surface area contributed by atoms with Crippen molar-refractivity contribution in [3.8, 4) is 0 Å². The van der Waals surface area contributed by atoms with Crippen LogP contribution in [0.25, 0.3) is 0 Å². The summed E-state index contributed by atoms with van der Waals surface area (Å²) in [5.41, 5.74) is -0.591. The van der Waals surface area contributed by atoms with Crippen molar-refractivity contribution < 1.29 is 18.8 Å². The maximum atomic E-state index is 12.9. The zero-order valence-corrected chi connectivity index (χ0v) is 16.9. The van der Waals surface area contributed by atoms with Gasteiger partial charge >= 0.3 is 6.03 Å². The summed E-state index contributed by atoms with van der Waals surface area (Å²) in [5, 5.41) is 2.70. The molecule has 1 aliphatic heterocycles. The van der Waals surface area contributed by atoms with Crippen molar-refractivity contribution in [1.29, 1.82) is 0 Å². The van der Waals surface area contributed by atoms with Crippen molar-refractivity contribution in [3.05, 3.63) is 58.0 Å². The third-order valence-corrected chi connectivity index (χ3v) is 5.29. The van der Waals surface area contributed by atoms with E-state index in [-0.39, 0.29) is 19.0 Å². The zero-order chi connectivity index (χ0) is 19.8. The van der Waals surface area contributed by atoms with Gasteiger partial charge in [-0.25, -0.2) is 4.79 Å². The summed E-state index contributed by atoms with van der Waals surface area (Å²) in [5.74, 6) is 0.571. The molecule has 1 aromatic carbocycles. The third-order valence-electron chi connectivity index (χ3n) is 4.60. The molecule has 2 aromatic rings. The summed E-state index contributed by atoms with van der Waals surface area (Å²) in [6.07, 6.45) is 0. The van der Waals surface area contributed by atoms with Crippen LogP contribution in [0.3, 0.4) is 0 Å². The second-order valence-electron chi connectivity index (χ2n) is 6.69. The number of nitrogens with zero attached hydrogens (tertiary/aromatic N) is 2. The fourth-order valence-electron chi connectivity index (χ4n) is 3.04. The smallest absolute Gasteiger partial charge is 0.325 e. The Bertz CT molecular complexity index is 910. The van der Waals surface area contributed by atoms with Crippen molar-refractivity contribution in [3.63, 3.8) is 0 Å². The molecule has 1 aromatic heterocycles. The first-order valence-corrected chi connectivity index (χ1v) is 9.20. The van der Waals surface area contributed by atoms with Gasteiger partial charge in [-0.1, -0.05) is 34.1 Å². The van der Waals surface area contributed by atoms with E-state index in [0.29, 0.717) is 15.8 Å². The Hall–Kier alpha value is -2.61. The lowest BCUT2D eigenvalue weighted by atomic mass is 9.92. The highest BCUT2D eigenvalue weighted by Gasteiger charge is 2.50. The predicted octanol–water partition coefficient (Wildman–Crippen LogP) is 2.78. The molecule has 0 radical (unpaired) electrons. The van der Waals surface area contributed by atoms with Crippen molar-refractivity contribution in [2.24, 2.45) is 0 Å². The summed E-state index contributed by atoms with van der Waals surface area (Å²) in [6.45, 7) is 3.38. The lowest BCUT2D eigenvalue weighted by molar-refractivity contribution is -0.138. The molecule has 0 spiro atoms. The Morgan fingerprint density at radius 2 is 1.96 bits per heavy atom. The molecule has 3 rings (SSSR count).